The lowest BCUT2D eigenvalue weighted by Gasteiger charge is -2.17. The number of rotatable bonds is 10. The summed E-state index contributed by atoms with van der Waals surface area (Å²) in [7, 11) is 5.44. The molecule has 178 valence electrons. The second kappa shape index (κ2) is 12.5. The van der Waals surface area contributed by atoms with E-state index in [-0.39, 0.29) is 32.7 Å². The number of unbranched alkanes of at least 4 members (excludes halogenated alkanes) is 3. The van der Waals surface area contributed by atoms with E-state index in [2.05, 4.69) is 6.92 Å². The molecule has 8 heteroatoms. The topological polar surface area (TPSA) is 71.1 Å². The molecular formula is C25H28Cl2O6. The Hall–Kier alpha value is -2.70. The fraction of sp³-hybridized carbons (Fsp3) is 0.360. The highest BCUT2D eigenvalue weighted by Gasteiger charge is 2.22. The molecule has 0 aliphatic heterocycles. The number of halogens is 2. The highest BCUT2D eigenvalue weighted by atomic mass is 35.5. The second-order valence-electron chi connectivity index (χ2n) is 7.17. The van der Waals surface area contributed by atoms with Gasteiger partial charge in [-0.2, -0.15) is 0 Å². The average molecular weight is 495 g/mol. The van der Waals surface area contributed by atoms with Crippen molar-refractivity contribution in [2.75, 3.05) is 28.4 Å². The molecule has 2 aromatic carbocycles. The lowest BCUT2D eigenvalue weighted by molar-refractivity contribution is 0.0588. The summed E-state index contributed by atoms with van der Waals surface area (Å²) < 4.78 is 20.4. The van der Waals surface area contributed by atoms with Gasteiger partial charge in [0.2, 0.25) is 0 Å². The van der Waals surface area contributed by atoms with Gasteiger partial charge >= 0.3 is 11.9 Å². The van der Waals surface area contributed by atoms with Crippen LogP contribution in [-0.4, -0.2) is 40.4 Å². The smallest absolute Gasteiger partial charge is 0.341 e. The quantitative estimate of drug-likeness (QED) is 0.273. The fourth-order valence-electron chi connectivity index (χ4n) is 3.48. The molecule has 0 aliphatic rings. The minimum absolute atomic E-state index is 0.190. The first-order valence-electron chi connectivity index (χ1n) is 10.4. The molecule has 0 unspecified atom stereocenters. The first kappa shape index (κ1) is 26.6. The van der Waals surface area contributed by atoms with Crippen LogP contribution in [0.2, 0.25) is 10.0 Å². The number of ether oxygens (including phenoxy) is 4. The van der Waals surface area contributed by atoms with Crippen LogP contribution >= 0.6 is 23.2 Å². The molecule has 0 fully saturated rings. The van der Waals surface area contributed by atoms with Gasteiger partial charge < -0.3 is 18.9 Å². The highest BCUT2D eigenvalue weighted by molar-refractivity contribution is 6.33. The zero-order valence-corrected chi connectivity index (χ0v) is 20.9. The summed E-state index contributed by atoms with van der Waals surface area (Å²) in [5.41, 5.74) is 2.42. The van der Waals surface area contributed by atoms with E-state index in [1.807, 2.05) is 6.08 Å². The van der Waals surface area contributed by atoms with Crippen LogP contribution in [0.1, 0.15) is 64.4 Å². The Kier molecular flexibility index (Phi) is 10.1. The number of methoxy groups -OCH3 is 4. The van der Waals surface area contributed by atoms with Crippen molar-refractivity contribution >= 4 is 40.7 Å². The molecule has 0 bridgehead atoms. The van der Waals surface area contributed by atoms with Crippen molar-refractivity contribution in [3.63, 3.8) is 0 Å². The van der Waals surface area contributed by atoms with Gasteiger partial charge in [0.15, 0.2) is 11.5 Å². The predicted molar refractivity (Wildman–Crippen MR) is 130 cm³/mol. The van der Waals surface area contributed by atoms with E-state index in [0.29, 0.717) is 11.1 Å². The molecule has 0 heterocycles. The van der Waals surface area contributed by atoms with Crippen molar-refractivity contribution in [1.82, 2.24) is 0 Å². The third-order valence-electron chi connectivity index (χ3n) is 5.08. The van der Waals surface area contributed by atoms with Crippen molar-refractivity contribution in [1.29, 1.82) is 0 Å². The molecule has 6 nitrogen and oxygen atoms in total. The summed E-state index contributed by atoms with van der Waals surface area (Å²) in [6, 6.07) is 6.71. The second-order valence-corrected chi connectivity index (χ2v) is 7.99. The van der Waals surface area contributed by atoms with E-state index in [9.17, 15) is 9.59 Å². The monoisotopic (exact) mass is 494 g/mol. The van der Waals surface area contributed by atoms with Crippen molar-refractivity contribution in [2.45, 2.75) is 32.6 Å². The molecular weight excluding hydrogens is 467 g/mol. The van der Waals surface area contributed by atoms with Crippen LogP contribution in [0.3, 0.4) is 0 Å². The number of carbonyl (C=O) groups excluding carboxylic acids is 2. The molecule has 0 saturated heterocycles. The Bertz CT molecular complexity index is 970. The zero-order valence-electron chi connectivity index (χ0n) is 19.4. The predicted octanol–water partition coefficient (Wildman–Crippen LogP) is 6.60. The minimum atomic E-state index is -0.580. The Labute approximate surface area is 204 Å². The van der Waals surface area contributed by atoms with Gasteiger partial charge in [0, 0.05) is 0 Å². The maximum atomic E-state index is 12.4. The molecule has 0 aliphatic carbocycles. The molecule has 2 rings (SSSR count). The van der Waals surface area contributed by atoms with Crippen LogP contribution in [0, 0.1) is 0 Å². The summed E-state index contributed by atoms with van der Waals surface area (Å²) in [5.74, 6) is -0.714. The molecule has 0 spiro atoms. The van der Waals surface area contributed by atoms with E-state index in [0.717, 1.165) is 31.3 Å². The molecule has 33 heavy (non-hydrogen) atoms. The third-order valence-corrected chi connectivity index (χ3v) is 5.65. The maximum absolute atomic E-state index is 12.4. The van der Waals surface area contributed by atoms with Crippen molar-refractivity contribution < 1.29 is 28.5 Å². The van der Waals surface area contributed by atoms with Crippen LogP contribution in [0.25, 0.3) is 5.57 Å². The largest absolute Gasteiger partial charge is 0.494 e. The normalized spacial score (nSPS) is 10.4. The summed E-state index contributed by atoms with van der Waals surface area (Å²) in [6.07, 6.45) is 5.93. The van der Waals surface area contributed by atoms with E-state index in [4.69, 9.17) is 42.1 Å². The molecule has 0 saturated carbocycles. The number of carbonyl (C=O) groups is 2. The van der Waals surface area contributed by atoms with Gasteiger partial charge in [0.25, 0.3) is 0 Å². The summed E-state index contributed by atoms with van der Waals surface area (Å²) in [5, 5.41) is 0.505. The van der Waals surface area contributed by atoms with Crippen LogP contribution in [0.4, 0.5) is 0 Å². The van der Waals surface area contributed by atoms with Gasteiger partial charge in [-0.25, -0.2) is 9.59 Å². The number of hydrogen-bond acceptors (Lipinski definition) is 6. The average Bonchev–Trinajstić information content (AvgIpc) is 2.81. The van der Waals surface area contributed by atoms with Crippen molar-refractivity contribution in [2.24, 2.45) is 0 Å². The summed E-state index contributed by atoms with van der Waals surface area (Å²) >= 11 is 12.9. The zero-order chi connectivity index (χ0) is 24.5. The lowest BCUT2D eigenvalue weighted by Crippen LogP contribution is -2.07. The maximum Gasteiger partial charge on any atom is 0.341 e. The summed E-state index contributed by atoms with van der Waals surface area (Å²) in [6.45, 7) is 2.13. The van der Waals surface area contributed by atoms with Gasteiger partial charge in [-0.05, 0) is 53.8 Å². The molecule has 2 aromatic rings. The van der Waals surface area contributed by atoms with Crippen LogP contribution in [0.15, 0.2) is 30.3 Å². The van der Waals surface area contributed by atoms with Crippen LogP contribution in [0.5, 0.6) is 11.5 Å². The van der Waals surface area contributed by atoms with E-state index in [1.165, 1.54) is 28.4 Å². The van der Waals surface area contributed by atoms with Crippen LogP contribution < -0.4 is 9.47 Å². The SMILES string of the molecule is CCCCCC=C(c1cc(Cl)c(OC)c(C(=O)OC)c1)c1cc(Cl)c(OC)c(C(=O)OC)c1. The highest BCUT2D eigenvalue weighted by Crippen LogP contribution is 2.39. The fourth-order valence-corrected chi connectivity index (χ4v) is 4.07. The Morgan fingerprint density at radius 3 is 1.61 bits per heavy atom. The first-order valence-corrected chi connectivity index (χ1v) is 11.2. The Morgan fingerprint density at radius 1 is 0.788 bits per heavy atom. The number of allylic oxidation sites excluding steroid dienone is 1. The number of benzene rings is 2. The van der Waals surface area contributed by atoms with Gasteiger partial charge in [-0.1, -0.05) is 49.0 Å². The van der Waals surface area contributed by atoms with Gasteiger partial charge in [-0.15, -0.1) is 0 Å². The Balaban J connectivity index is 2.76. The van der Waals surface area contributed by atoms with E-state index in [1.54, 1.807) is 24.3 Å². The summed E-state index contributed by atoms with van der Waals surface area (Å²) in [4.78, 5) is 24.8. The number of hydrogen-bond donors (Lipinski definition) is 0. The standard InChI is InChI=1S/C25H28Cl2O6/c1-6-7-8-9-10-17(15-11-18(24(28)32-4)22(30-2)20(26)13-15)16-12-19(25(29)33-5)23(31-3)21(27)14-16/h10-14H,6-9H2,1-5H3. The molecule has 0 atom stereocenters. The minimum Gasteiger partial charge on any atom is -0.494 e. The molecule has 0 aromatic heterocycles. The third kappa shape index (κ3) is 6.21. The van der Waals surface area contributed by atoms with Crippen LogP contribution in [-0.2, 0) is 9.47 Å². The molecule has 0 amide bonds. The Morgan fingerprint density at radius 2 is 1.24 bits per heavy atom. The van der Waals surface area contributed by atoms with Crippen molar-refractivity contribution in [3.05, 3.63) is 62.6 Å². The molecule has 0 N–H and O–H groups in total. The van der Waals surface area contributed by atoms with Gasteiger partial charge in [-0.3, -0.25) is 0 Å². The number of esters is 2. The van der Waals surface area contributed by atoms with E-state index < -0.39 is 11.9 Å². The van der Waals surface area contributed by atoms with E-state index >= 15 is 0 Å². The lowest BCUT2D eigenvalue weighted by atomic mass is 9.93. The molecule has 0 radical (unpaired) electrons. The van der Waals surface area contributed by atoms with Gasteiger partial charge in [0.1, 0.15) is 11.1 Å². The van der Waals surface area contributed by atoms with Gasteiger partial charge in [0.05, 0.1) is 38.5 Å². The first-order chi connectivity index (χ1) is 15.8. The van der Waals surface area contributed by atoms with Crippen molar-refractivity contribution in [3.8, 4) is 11.5 Å².